The molecule has 0 spiro atoms. The van der Waals surface area contributed by atoms with Crippen LogP contribution < -0.4 is 0 Å². The monoisotopic (exact) mass is 955 g/mol. The fraction of sp³-hybridized carbons (Fsp3) is 0.281. The average Bonchev–Trinajstić information content (AvgIpc) is 4.19. The maximum Gasteiger partial charge on any atom is 0.338 e. The molecule has 0 fully saturated rings. The third kappa shape index (κ3) is 9.38. The van der Waals surface area contributed by atoms with E-state index in [4.69, 9.17) is 19.4 Å². The van der Waals surface area contributed by atoms with Crippen molar-refractivity contribution in [2.24, 2.45) is 0 Å². The number of H-pyrrole nitrogens is 2. The second-order valence-corrected chi connectivity index (χ2v) is 23.2. The van der Waals surface area contributed by atoms with Gasteiger partial charge >= 0.3 is 11.9 Å². The molecular formula is C64H66N4O4. The largest absolute Gasteiger partial charge is 0.465 e. The topological polar surface area (TPSA) is 110 Å². The van der Waals surface area contributed by atoms with Crippen LogP contribution in [0.2, 0.25) is 0 Å². The average molecular weight is 955 g/mol. The summed E-state index contributed by atoms with van der Waals surface area (Å²) in [5, 5.41) is 0. The summed E-state index contributed by atoms with van der Waals surface area (Å²) < 4.78 is 10.8. The molecule has 8 heteroatoms. The van der Waals surface area contributed by atoms with Gasteiger partial charge in [-0.25, -0.2) is 19.6 Å². The van der Waals surface area contributed by atoms with Crippen LogP contribution in [-0.4, -0.2) is 46.1 Å². The molecule has 8 nitrogen and oxygen atoms in total. The first-order chi connectivity index (χ1) is 33.9. The van der Waals surface area contributed by atoms with Gasteiger partial charge in [-0.05, 0) is 116 Å². The molecule has 0 amide bonds. The molecule has 0 radical (unpaired) electrons. The first kappa shape index (κ1) is 49.4. The van der Waals surface area contributed by atoms with Gasteiger partial charge in [-0.2, -0.15) is 0 Å². The van der Waals surface area contributed by atoms with Crippen LogP contribution in [0, 0.1) is 0 Å². The highest BCUT2D eigenvalue weighted by Crippen LogP contribution is 2.43. The molecule has 8 bridgehead atoms. The summed E-state index contributed by atoms with van der Waals surface area (Å²) in [6.07, 6.45) is 8.22. The predicted molar refractivity (Wildman–Crippen MR) is 298 cm³/mol. The smallest absolute Gasteiger partial charge is 0.338 e. The standard InChI is InChI=1S/C64H66N4O4/c1-61(2,3)39-31-37(32-40(35-39)62(4,5)6)55-47-23-27-51(65-47)57(43-19-15-17-21-45(43)59(69)71-13)53-29-25-49(67-53)56(38-33-41(63(7,8)9)36-42(34-38)64(10,11)12)50-26-30-54(68-50)58(52-28-24-48(55)66-52)44-20-16-18-22-46(44)60(70)72-14/h15-36,65,68H,1-14H3. The van der Waals surface area contributed by atoms with E-state index < -0.39 is 11.9 Å². The van der Waals surface area contributed by atoms with Crippen molar-refractivity contribution in [3.63, 3.8) is 0 Å². The summed E-state index contributed by atoms with van der Waals surface area (Å²) in [5.41, 5.74) is 17.6. The SMILES string of the molecule is COC(=O)c1ccccc1-c1c2nc(c(-c3cc(C(C)(C)C)cc(C(C)(C)C)c3)c3ccc([nH]3)c(-c3ccccc3C(=O)OC)c3nc(c(-c4cc(C(C)(C)C)cc(C(C)(C)C)c4)c4ccc1[nH]4)C=C3)C=C2. The van der Waals surface area contributed by atoms with Crippen molar-refractivity contribution < 1.29 is 19.1 Å². The molecule has 9 rings (SSSR count). The number of carbonyl (C=O) groups is 2. The van der Waals surface area contributed by atoms with E-state index in [1.165, 1.54) is 36.5 Å². The number of carbonyl (C=O) groups excluding carboxylic acids is 2. The second-order valence-electron chi connectivity index (χ2n) is 23.2. The van der Waals surface area contributed by atoms with Gasteiger partial charge in [-0.1, -0.05) is 156 Å². The first-order valence-electron chi connectivity index (χ1n) is 24.8. The lowest BCUT2D eigenvalue weighted by Gasteiger charge is -2.26. The van der Waals surface area contributed by atoms with E-state index >= 15 is 0 Å². The molecule has 366 valence electrons. The van der Waals surface area contributed by atoms with Crippen LogP contribution in [0.3, 0.4) is 0 Å². The van der Waals surface area contributed by atoms with Crippen LogP contribution in [-0.2, 0) is 31.1 Å². The zero-order valence-corrected chi connectivity index (χ0v) is 44.2. The third-order valence-electron chi connectivity index (χ3n) is 13.9. The van der Waals surface area contributed by atoms with Gasteiger partial charge in [0.2, 0.25) is 0 Å². The van der Waals surface area contributed by atoms with Crippen molar-refractivity contribution in [2.45, 2.75) is 105 Å². The number of aromatic nitrogens is 4. The van der Waals surface area contributed by atoms with Gasteiger partial charge in [0.25, 0.3) is 0 Å². The number of aromatic amines is 2. The van der Waals surface area contributed by atoms with Crippen molar-refractivity contribution in [1.82, 2.24) is 19.9 Å². The molecule has 7 aromatic rings. The van der Waals surface area contributed by atoms with Crippen molar-refractivity contribution in [3.8, 4) is 44.5 Å². The first-order valence-corrected chi connectivity index (χ1v) is 24.8. The van der Waals surface area contributed by atoms with Crippen LogP contribution in [0.1, 0.15) is 149 Å². The number of rotatable bonds is 6. The van der Waals surface area contributed by atoms with E-state index in [0.29, 0.717) is 33.6 Å². The summed E-state index contributed by atoms with van der Waals surface area (Å²) in [4.78, 5) is 46.3. The van der Waals surface area contributed by atoms with Gasteiger partial charge in [0.1, 0.15) is 0 Å². The van der Waals surface area contributed by atoms with Crippen molar-refractivity contribution in [1.29, 1.82) is 0 Å². The van der Waals surface area contributed by atoms with Gasteiger partial charge in [0, 0.05) is 55.4 Å². The van der Waals surface area contributed by atoms with Gasteiger partial charge in [-0.3, -0.25) is 0 Å². The molecule has 5 heterocycles. The normalized spacial score (nSPS) is 12.9. The summed E-state index contributed by atoms with van der Waals surface area (Å²) in [7, 11) is 2.82. The van der Waals surface area contributed by atoms with Gasteiger partial charge in [0.15, 0.2) is 0 Å². The Morgan fingerprint density at radius 1 is 0.389 bits per heavy atom. The maximum atomic E-state index is 13.7. The molecule has 4 aromatic carbocycles. The Kier molecular flexibility index (Phi) is 12.5. The number of hydrogen-bond donors (Lipinski definition) is 2. The van der Waals surface area contributed by atoms with Crippen molar-refractivity contribution >= 4 is 58.3 Å². The summed E-state index contributed by atoms with van der Waals surface area (Å²) >= 11 is 0. The second kappa shape index (κ2) is 18.2. The molecule has 0 atom stereocenters. The van der Waals surface area contributed by atoms with Crippen LogP contribution in [0.4, 0.5) is 0 Å². The highest BCUT2D eigenvalue weighted by atomic mass is 16.5. The Morgan fingerprint density at radius 2 is 0.667 bits per heavy atom. The lowest BCUT2D eigenvalue weighted by atomic mass is 9.78. The summed E-state index contributed by atoms with van der Waals surface area (Å²) in [6, 6.07) is 37.2. The molecule has 2 aliphatic heterocycles. The molecule has 3 aromatic heterocycles. The lowest BCUT2D eigenvalue weighted by molar-refractivity contribution is 0.0592. The number of methoxy groups -OCH3 is 2. The lowest BCUT2D eigenvalue weighted by Crippen LogP contribution is -2.16. The zero-order chi connectivity index (χ0) is 51.7. The molecule has 72 heavy (non-hydrogen) atoms. The fourth-order valence-corrected chi connectivity index (χ4v) is 9.63. The highest BCUT2D eigenvalue weighted by molar-refractivity contribution is 6.06. The maximum absolute atomic E-state index is 13.7. The van der Waals surface area contributed by atoms with Gasteiger partial charge < -0.3 is 19.4 Å². The summed E-state index contributed by atoms with van der Waals surface area (Å²) in [6.45, 7) is 26.9. The number of ether oxygens (including phenoxy) is 2. The zero-order valence-electron chi connectivity index (χ0n) is 44.2. The Hall–Kier alpha value is -7.58. The Morgan fingerprint density at radius 3 is 0.958 bits per heavy atom. The fourth-order valence-electron chi connectivity index (χ4n) is 9.63. The molecule has 0 saturated heterocycles. The minimum Gasteiger partial charge on any atom is -0.465 e. The van der Waals surface area contributed by atoms with E-state index in [9.17, 15) is 9.59 Å². The van der Waals surface area contributed by atoms with Crippen LogP contribution in [0.25, 0.3) is 90.9 Å². The predicted octanol–water partition coefficient (Wildman–Crippen LogP) is 16.1. The molecule has 2 N–H and O–H groups in total. The molecule has 2 aliphatic rings. The van der Waals surface area contributed by atoms with Crippen LogP contribution in [0.5, 0.6) is 0 Å². The van der Waals surface area contributed by atoms with Gasteiger partial charge in [-0.15, -0.1) is 0 Å². The number of nitrogens with zero attached hydrogens (tertiary/aromatic N) is 2. The minimum absolute atomic E-state index is 0.164. The van der Waals surface area contributed by atoms with Gasteiger partial charge in [0.05, 0.1) is 48.1 Å². The van der Waals surface area contributed by atoms with E-state index in [-0.39, 0.29) is 21.7 Å². The van der Waals surface area contributed by atoms with E-state index in [2.05, 4.69) is 166 Å². The van der Waals surface area contributed by atoms with Crippen LogP contribution >= 0.6 is 0 Å². The van der Waals surface area contributed by atoms with E-state index in [1.54, 1.807) is 12.1 Å². The molecule has 0 saturated carbocycles. The number of fused-ring (bicyclic) bond motifs is 8. The van der Waals surface area contributed by atoms with Crippen molar-refractivity contribution in [3.05, 3.63) is 165 Å². The minimum atomic E-state index is -0.445. The van der Waals surface area contributed by atoms with Crippen LogP contribution in [0.15, 0.2) is 109 Å². The number of esters is 2. The van der Waals surface area contributed by atoms with E-state index in [1.807, 2.05) is 48.6 Å². The van der Waals surface area contributed by atoms with E-state index in [0.717, 1.165) is 66.8 Å². The number of nitrogens with one attached hydrogen (secondary N) is 2. The Bertz CT molecular complexity index is 3270. The third-order valence-corrected chi connectivity index (χ3v) is 13.9. The quantitative estimate of drug-likeness (QED) is 0.161. The molecular weight excluding hydrogens is 889 g/mol. The number of benzene rings is 4. The Labute approximate surface area is 424 Å². The number of hydrogen-bond acceptors (Lipinski definition) is 6. The highest BCUT2D eigenvalue weighted by Gasteiger charge is 2.27. The summed E-state index contributed by atoms with van der Waals surface area (Å²) in [5.74, 6) is -0.891. The Balaban J connectivity index is 1.53. The van der Waals surface area contributed by atoms with Crippen molar-refractivity contribution in [2.75, 3.05) is 14.2 Å². The molecule has 0 aliphatic carbocycles. The molecule has 0 unspecified atom stereocenters.